The topological polar surface area (TPSA) is 123 Å². The predicted octanol–water partition coefficient (Wildman–Crippen LogP) is 6.11. The van der Waals surface area contributed by atoms with Gasteiger partial charge in [0.25, 0.3) is 5.69 Å². The van der Waals surface area contributed by atoms with Crippen LogP contribution in [0.5, 0.6) is 11.5 Å². The zero-order valence-corrected chi connectivity index (χ0v) is 22.1. The van der Waals surface area contributed by atoms with Gasteiger partial charge >= 0.3 is 11.9 Å². The van der Waals surface area contributed by atoms with Gasteiger partial charge in [-0.2, -0.15) is 5.10 Å². The van der Waals surface area contributed by atoms with Crippen molar-refractivity contribution in [2.75, 3.05) is 14.2 Å². The number of non-ortho nitro benzene ring substituents is 1. The predicted molar refractivity (Wildman–Crippen MR) is 144 cm³/mol. The van der Waals surface area contributed by atoms with Crippen molar-refractivity contribution < 1.29 is 28.7 Å². The van der Waals surface area contributed by atoms with Crippen molar-refractivity contribution in [3.05, 3.63) is 99.7 Å². The number of carbonyl (C=O) groups excluding carboxylic acids is 2. The van der Waals surface area contributed by atoms with E-state index in [0.717, 1.165) is 12.7 Å². The highest BCUT2D eigenvalue weighted by Gasteiger charge is 2.33. The standard InChI is InChI=1S/C29H27N3O7/c1-29(2,3)18-11-14-21(15-12-18)39-23-16-13-20(32(35)36)17-22(23)25-24(27(33)37-4)26(28(34)38-5)31(30-25)19-9-7-6-8-10-19/h6-17H,1-5H3. The van der Waals surface area contributed by atoms with Gasteiger partial charge in [0.05, 0.1) is 30.4 Å². The molecule has 0 aliphatic carbocycles. The van der Waals surface area contributed by atoms with Crippen LogP contribution in [-0.2, 0) is 14.9 Å². The van der Waals surface area contributed by atoms with Crippen molar-refractivity contribution in [3.63, 3.8) is 0 Å². The molecule has 0 aliphatic rings. The number of nitro benzene ring substituents is 1. The van der Waals surface area contributed by atoms with Crippen molar-refractivity contribution in [2.45, 2.75) is 26.2 Å². The molecule has 0 atom stereocenters. The molecule has 0 amide bonds. The van der Waals surface area contributed by atoms with Crippen LogP contribution in [0, 0.1) is 10.1 Å². The highest BCUT2D eigenvalue weighted by Crippen LogP contribution is 2.39. The Kier molecular flexibility index (Phi) is 7.48. The molecule has 4 rings (SSSR count). The molecule has 0 fully saturated rings. The SMILES string of the molecule is COC(=O)c1c(-c2cc([N+](=O)[O-])ccc2Oc2ccc(C(C)(C)C)cc2)nn(-c2ccccc2)c1C(=O)OC. The molecular formula is C29H27N3O7. The van der Waals surface area contributed by atoms with Crippen LogP contribution in [0.15, 0.2) is 72.8 Å². The summed E-state index contributed by atoms with van der Waals surface area (Å²) in [6.07, 6.45) is 0. The van der Waals surface area contributed by atoms with Crippen molar-refractivity contribution >= 4 is 17.6 Å². The van der Waals surface area contributed by atoms with E-state index < -0.39 is 16.9 Å². The van der Waals surface area contributed by atoms with Crippen LogP contribution in [0.1, 0.15) is 47.2 Å². The summed E-state index contributed by atoms with van der Waals surface area (Å²) in [5, 5.41) is 16.2. The molecule has 0 spiro atoms. The second-order valence-electron chi connectivity index (χ2n) is 9.62. The number of hydrogen-bond donors (Lipinski definition) is 0. The summed E-state index contributed by atoms with van der Waals surface area (Å²) < 4.78 is 17.3. The van der Waals surface area contributed by atoms with Gasteiger partial charge in [-0.25, -0.2) is 14.3 Å². The third-order valence-electron chi connectivity index (χ3n) is 6.03. The molecule has 10 nitrogen and oxygen atoms in total. The van der Waals surface area contributed by atoms with E-state index in [-0.39, 0.29) is 39.4 Å². The molecule has 0 radical (unpaired) electrons. The van der Waals surface area contributed by atoms with Crippen molar-refractivity contribution in [3.8, 4) is 28.4 Å². The smallest absolute Gasteiger partial charge is 0.357 e. The normalized spacial score (nSPS) is 11.1. The van der Waals surface area contributed by atoms with Crippen LogP contribution in [0.25, 0.3) is 16.9 Å². The van der Waals surface area contributed by atoms with E-state index in [2.05, 4.69) is 25.9 Å². The molecule has 0 saturated heterocycles. The summed E-state index contributed by atoms with van der Waals surface area (Å²) in [5.74, 6) is -1.07. The second kappa shape index (κ2) is 10.8. The minimum atomic E-state index is -0.875. The summed E-state index contributed by atoms with van der Waals surface area (Å²) in [4.78, 5) is 37.1. The lowest BCUT2D eigenvalue weighted by Gasteiger charge is -2.19. The van der Waals surface area contributed by atoms with Crippen molar-refractivity contribution in [1.82, 2.24) is 9.78 Å². The maximum atomic E-state index is 13.1. The van der Waals surface area contributed by atoms with Crippen LogP contribution in [-0.4, -0.2) is 40.9 Å². The fourth-order valence-electron chi connectivity index (χ4n) is 4.00. The van der Waals surface area contributed by atoms with Gasteiger partial charge in [-0.1, -0.05) is 51.1 Å². The Balaban J connectivity index is 1.97. The average Bonchev–Trinajstić information content (AvgIpc) is 3.33. The van der Waals surface area contributed by atoms with E-state index in [1.54, 1.807) is 42.5 Å². The number of ether oxygens (including phenoxy) is 3. The first-order valence-electron chi connectivity index (χ1n) is 12.0. The Morgan fingerprint density at radius 1 is 0.897 bits per heavy atom. The molecule has 3 aromatic carbocycles. The van der Waals surface area contributed by atoms with Gasteiger partial charge in [0, 0.05) is 12.1 Å². The number of hydrogen-bond acceptors (Lipinski definition) is 8. The van der Waals surface area contributed by atoms with Crippen molar-refractivity contribution in [1.29, 1.82) is 0 Å². The van der Waals surface area contributed by atoms with Gasteiger partial charge in [0.15, 0.2) is 5.69 Å². The molecular weight excluding hydrogens is 502 g/mol. The zero-order chi connectivity index (χ0) is 28.3. The van der Waals surface area contributed by atoms with E-state index in [0.29, 0.717) is 11.4 Å². The number of nitrogens with zero attached hydrogens (tertiary/aromatic N) is 3. The average molecular weight is 530 g/mol. The lowest BCUT2D eigenvalue weighted by molar-refractivity contribution is -0.384. The zero-order valence-electron chi connectivity index (χ0n) is 22.1. The minimum Gasteiger partial charge on any atom is -0.465 e. The molecule has 0 unspecified atom stereocenters. The summed E-state index contributed by atoms with van der Waals surface area (Å²) in [5.41, 5.74) is 0.877. The largest absolute Gasteiger partial charge is 0.465 e. The molecule has 0 aliphatic heterocycles. The van der Waals surface area contributed by atoms with Gasteiger partial charge in [0.2, 0.25) is 0 Å². The van der Waals surface area contributed by atoms with E-state index in [1.807, 2.05) is 12.1 Å². The maximum absolute atomic E-state index is 13.1. The lowest BCUT2D eigenvalue weighted by atomic mass is 9.87. The van der Waals surface area contributed by atoms with Gasteiger partial charge in [-0.3, -0.25) is 10.1 Å². The first-order valence-corrected chi connectivity index (χ1v) is 12.0. The minimum absolute atomic E-state index is 0.0453. The van der Waals surface area contributed by atoms with Gasteiger partial charge < -0.3 is 14.2 Å². The molecule has 200 valence electrons. The number of esters is 2. The number of carbonyl (C=O) groups is 2. The number of aromatic nitrogens is 2. The van der Waals surface area contributed by atoms with E-state index >= 15 is 0 Å². The number of methoxy groups -OCH3 is 2. The van der Waals surface area contributed by atoms with Crippen LogP contribution >= 0.6 is 0 Å². The van der Waals surface area contributed by atoms with Crippen LogP contribution in [0.2, 0.25) is 0 Å². The molecule has 1 aromatic heterocycles. The molecule has 0 saturated carbocycles. The first kappa shape index (κ1) is 27.1. The Morgan fingerprint density at radius 3 is 2.10 bits per heavy atom. The van der Waals surface area contributed by atoms with Crippen LogP contribution in [0.3, 0.4) is 0 Å². The van der Waals surface area contributed by atoms with Crippen molar-refractivity contribution in [2.24, 2.45) is 0 Å². The third-order valence-corrected chi connectivity index (χ3v) is 6.03. The summed E-state index contributed by atoms with van der Waals surface area (Å²) in [7, 11) is 2.34. The molecule has 4 aromatic rings. The highest BCUT2D eigenvalue weighted by molar-refractivity contribution is 6.07. The fraction of sp³-hybridized carbons (Fsp3) is 0.207. The molecule has 10 heteroatoms. The number of rotatable bonds is 7. The van der Waals surface area contributed by atoms with Crippen LogP contribution < -0.4 is 4.74 Å². The quantitative estimate of drug-likeness (QED) is 0.160. The summed E-state index contributed by atoms with van der Waals surface area (Å²) in [6, 6.07) is 20.0. The first-order chi connectivity index (χ1) is 18.5. The fourth-order valence-corrected chi connectivity index (χ4v) is 4.00. The second-order valence-corrected chi connectivity index (χ2v) is 9.62. The highest BCUT2D eigenvalue weighted by atomic mass is 16.6. The Hall–Kier alpha value is -4.99. The number of para-hydroxylation sites is 1. The number of nitro groups is 1. The maximum Gasteiger partial charge on any atom is 0.357 e. The van der Waals surface area contributed by atoms with Gasteiger partial charge in [-0.05, 0) is 41.3 Å². The van der Waals surface area contributed by atoms with E-state index in [9.17, 15) is 19.7 Å². The molecule has 0 bridgehead atoms. The summed E-state index contributed by atoms with van der Waals surface area (Å²) >= 11 is 0. The molecule has 0 N–H and O–H groups in total. The van der Waals surface area contributed by atoms with Gasteiger partial charge in [0.1, 0.15) is 22.8 Å². The monoisotopic (exact) mass is 529 g/mol. The Morgan fingerprint density at radius 2 is 1.54 bits per heavy atom. The third kappa shape index (κ3) is 5.49. The Labute approximate surface area is 224 Å². The summed E-state index contributed by atoms with van der Waals surface area (Å²) in [6.45, 7) is 6.27. The van der Waals surface area contributed by atoms with E-state index in [4.69, 9.17) is 14.2 Å². The van der Waals surface area contributed by atoms with E-state index in [1.165, 1.54) is 30.0 Å². The molecule has 39 heavy (non-hydrogen) atoms. The lowest BCUT2D eigenvalue weighted by Crippen LogP contribution is -2.15. The molecule has 1 heterocycles. The Bertz CT molecular complexity index is 1540. The van der Waals surface area contributed by atoms with Gasteiger partial charge in [-0.15, -0.1) is 0 Å². The number of benzene rings is 3. The van der Waals surface area contributed by atoms with Crippen LogP contribution in [0.4, 0.5) is 5.69 Å².